The molecule has 2 atom stereocenters. The third kappa shape index (κ3) is 9.28. The Morgan fingerprint density at radius 3 is 1.61 bits per heavy atom. The number of aryl methyl sites for hydroxylation is 6. The average molecular weight is 822 g/mol. The van der Waals surface area contributed by atoms with E-state index in [1.165, 1.54) is 66.8 Å². The Hall–Kier alpha value is -6.33. The molecule has 0 saturated heterocycles. The van der Waals surface area contributed by atoms with Crippen LogP contribution in [-0.4, -0.2) is 31.2 Å². The highest BCUT2D eigenvalue weighted by atomic mass is 16.5. The smallest absolute Gasteiger partial charge is 0.333 e. The van der Waals surface area contributed by atoms with Gasteiger partial charge in [-0.1, -0.05) is 115 Å². The summed E-state index contributed by atoms with van der Waals surface area (Å²) in [6.07, 6.45) is 7.64. The minimum Gasteiger partial charge on any atom is -0.457 e. The van der Waals surface area contributed by atoms with Crippen LogP contribution in [0.15, 0.2) is 147 Å². The number of hydrogen-bond acceptors (Lipinski definition) is 5. The normalized spacial score (nSPS) is 15.0. The second-order valence-electron chi connectivity index (χ2n) is 17.4. The number of anilines is 5. The lowest BCUT2D eigenvalue weighted by Gasteiger charge is -2.33. The van der Waals surface area contributed by atoms with E-state index in [0.717, 1.165) is 48.1 Å². The maximum absolute atomic E-state index is 12.7. The highest BCUT2D eigenvalue weighted by Crippen LogP contribution is 2.42. The van der Waals surface area contributed by atoms with E-state index in [2.05, 4.69) is 186 Å². The van der Waals surface area contributed by atoms with Gasteiger partial charge < -0.3 is 19.9 Å². The van der Waals surface area contributed by atoms with Crippen molar-refractivity contribution in [3.05, 3.63) is 197 Å². The van der Waals surface area contributed by atoms with E-state index in [-0.39, 0.29) is 24.0 Å². The van der Waals surface area contributed by atoms with E-state index in [9.17, 15) is 4.79 Å². The van der Waals surface area contributed by atoms with Crippen molar-refractivity contribution >= 4 is 45.2 Å². The van der Waals surface area contributed by atoms with E-state index in [1.54, 1.807) is 6.92 Å². The number of hydrogen-bond donors (Lipinski definition) is 1. The predicted molar refractivity (Wildman–Crippen MR) is 264 cm³/mol. The lowest BCUT2D eigenvalue weighted by atomic mass is 9.82. The van der Waals surface area contributed by atoms with E-state index in [4.69, 9.17) is 4.74 Å². The molecule has 5 heteroatoms. The van der Waals surface area contributed by atoms with Crippen LogP contribution < -0.4 is 15.1 Å². The quantitative estimate of drug-likeness (QED) is 0.0484. The lowest BCUT2D eigenvalue weighted by molar-refractivity contribution is -0.146. The predicted octanol–water partition coefficient (Wildman–Crippen LogP) is 14.4. The van der Waals surface area contributed by atoms with Gasteiger partial charge in [-0.15, -0.1) is 13.2 Å². The molecule has 1 fully saturated rings. The first-order chi connectivity index (χ1) is 29.9. The summed E-state index contributed by atoms with van der Waals surface area (Å²) in [5, 5.41) is 6.17. The summed E-state index contributed by atoms with van der Waals surface area (Å²) in [4.78, 5) is 17.4. The van der Waals surface area contributed by atoms with Gasteiger partial charge in [0.1, 0.15) is 6.10 Å². The lowest BCUT2D eigenvalue weighted by Crippen LogP contribution is -2.40. The summed E-state index contributed by atoms with van der Waals surface area (Å²) >= 11 is 0. The van der Waals surface area contributed by atoms with Crippen molar-refractivity contribution in [2.75, 3.05) is 28.2 Å². The molecule has 0 radical (unpaired) electrons. The van der Waals surface area contributed by atoms with Crippen molar-refractivity contribution in [1.29, 1.82) is 0 Å². The fraction of sp³-hybridized carbons (Fsp3) is 0.281. The number of nitrogens with zero attached hydrogens (tertiary/aromatic N) is 2. The van der Waals surface area contributed by atoms with Crippen LogP contribution in [0.1, 0.15) is 88.6 Å². The number of esters is 1. The molecule has 0 aliphatic heterocycles. The summed E-state index contributed by atoms with van der Waals surface area (Å²) in [5.74, 6) is -0.389. The van der Waals surface area contributed by atoms with E-state index < -0.39 is 0 Å². The number of nitrogens with one attached hydrogen (secondary N) is 1. The zero-order chi connectivity index (χ0) is 44.1. The van der Waals surface area contributed by atoms with Crippen molar-refractivity contribution in [2.45, 2.75) is 92.2 Å². The molecule has 2 unspecified atom stereocenters. The van der Waals surface area contributed by atoms with Crippen molar-refractivity contribution < 1.29 is 9.53 Å². The topological polar surface area (TPSA) is 44.8 Å². The van der Waals surface area contributed by atoms with Crippen LogP contribution in [0.25, 0.3) is 10.8 Å². The molecule has 6 aromatic rings. The van der Waals surface area contributed by atoms with Gasteiger partial charge in [-0.3, -0.25) is 0 Å². The Morgan fingerprint density at radius 1 is 0.677 bits per heavy atom. The summed E-state index contributed by atoms with van der Waals surface area (Å²) in [6.45, 7) is 28.3. The van der Waals surface area contributed by atoms with Crippen molar-refractivity contribution in [3.8, 4) is 0 Å². The third-order valence-corrected chi connectivity index (χ3v) is 12.4. The number of benzene rings is 6. The average Bonchev–Trinajstić information content (AvgIpc) is 3.24. The molecule has 7 rings (SSSR count). The van der Waals surface area contributed by atoms with Gasteiger partial charge in [0.05, 0.1) is 6.04 Å². The first-order valence-corrected chi connectivity index (χ1v) is 22.2. The molecule has 6 aromatic carbocycles. The molecule has 0 amide bonds. The van der Waals surface area contributed by atoms with Crippen LogP contribution in [0, 0.1) is 41.5 Å². The van der Waals surface area contributed by atoms with Crippen LogP contribution in [0.4, 0.5) is 28.4 Å². The number of carbonyl (C=O) groups is 1. The molecular formula is C57H63N3O2. The molecule has 0 bridgehead atoms. The molecule has 1 saturated carbocycles. The van der Waals surface area contributed by atoms with E-state index in [1.807, 2.05) is 12.2 Å². The van der Waals surface area contributed by atoms with Gasteiger partial charge in [0.25, 0.3) is 0 Å². The van der Waals surface area contributed by atoms with Gasteiger partial charge in [-0.05, 0) is 142 Å². The SMILES string of the molecule is C=CCN(c1ccc(C(c2ccc(N(CC=C)c3c(C)cc(C)cc3C)cc2)c2ccc(NC3CCCCC3OC(=O)C(=C)C)c3ccccc23)cc1)c1c(C)cc(C)cc1C. The Bertz CT molecular complexity index is 2440. The Kier molecular flexibility index (Phi) is 13.5. The maximum Gasteiger partial charge on any atom is 0.333 e. The number of ether oxygens (including phenoxy) is 1. The molecule has 0 spiro atoms. The standard InChI is InChI=1S/C57H63N3O2/c1-11-31-59(55-40(7)33-38(5)34-41(55)8)46-25-21-44(22-26-46)54(45-23-27-47(28-24-45)60(32-12-2)56-42(9)35-39(6)36-43(56)10)50-29-30-51(49-18-14-13-17-48(49)50)58-52-19-15-16-20-53(52)62-57(61)37(3)4/h11-14,17-18,21-30,33-36,52-54,58H,1-3,15-16,19-20,31-32H2,4-10H3. The van der Waals surface area contributed by atoms with Crippen LogP contribution >= 0.6 is 0 Å². The zero-order valence-corrected chi connectivity index (χ0v) is 37.9. The third-order valence-electron chi connectivity index (χ3n) is 12.4. The molecule has 0 heterocycles. The number of carbonyl (C=O) groups excluding carboxylic acids is 1. The second-order valence-corrected chi connectivity index (χ2v) is 17.4. The maximum atomic E-state index is 12.7. The van der Waals surface area contributed by atoms with Crippen molar-refractivity contribution in [2.24, 2.45) is 0 Å². The Morgan fingerprint density at radius 2 is 1.15 bits per heavy atom. The van der Waals surface area contributed by atoms with Crippen molar-refractivity contribution in [3.63, 3.8) is 0 Å². The van der Waals surface area contributed by atoms with Crippen LogP contribution in [0.2, 0.25) is 0 Å². The highest BCUT2D eigenvalue weighted by Gasteiger charge is 2.30. The highest BCUT2D eigenvalue weighted by molar-refractivity contribution is 5.97. The Labute approximate surface area is 370 Å². The summed E-state index contributed by atoms with van der Waals surface area (Å²) in [6, 6.07) is 40.5. The molecule has 1 N–H and O–H groups in total. The van der Waals surface area contributed by atoms with Gasteiger partial charge in [-0.25, -0.2) is 4.79 Å². The fourth-order valence-electron chi connectivity index (χ4n) is 9.89. The first-order valence-electron chi connectivity index (χ1n) is 22.2. The van der Waals surface area contributed by atoms with Gasteiger partial charge in [0.2, 0.25) is 0 Å². The summed E-state index contributed by atoms with van der Waals surface area (Å²) in [7, 11) is 0. The fourth-order valence-corrected chi connectivity index (χ4v) is 9.89. The van der Waals surface area contributed by atoms with Crippen LogP contribution in [0.5, 0.6) is 0 Å². The molecule has 62 heavy (non-hydrogen) atoms. The molecule has 318 valence electrons. The second kappa shape index (κ2) is 19.2. The number of rotatable bonds is 15. The minimum atomic E-state index is -0.322. The van der Waals surface area contributed by atoms with Gasteiger partial charge in [0.15, 0.2) is 0 Å². The Balaban J connectivity index is 1.33. The first kappa shape index (κ1) is 43.7. The van der Waals surface area contributed by atoms with Crippen molar-refractivity contribution in [1.82, 2.24) is 0 Å². The molecular weight excluding hydrogens is 759 g/mol. The van der Waals surface area contributed by atoms with E-state index >= 15 is 0 Å². The largest absolute Gasteiger partial charge is 0.457 e. The van der Waals surface area contributed by atoms with Gasteiger partial charge in [-0.2, -0.15) is 0 Å². The zero-order valence-electron chi connectivity index (χ0n) is 37.9. The molecule has 1 aliphatic carbocycles. The number of fused-ring (bicyclic) bond motifs is 1. The monoisotopic (exact) mass is 821 g/mol. The summed E-state index contributed by atoms with van der Waals surface area (Å²) in [5.41, 5.74) is 17.3. The van der Waals surface area contributed by atoms with Gasteiger partial charge in [0, 0.05) is 58.4 Å². The van der Waals surface area contributed by atoms with E-state index in [0.29, 0.717) is 18.7 Å². The summed E-state index contributed by atoms with van der Waals surface area (Å²) < 4.78 is 5.98. The minimum absolute atomic E-state index is 0.0100. The molecule has 1 aliphatic rings. The molecule has 5 nitrogen and oxygen atoms in total. The van der Waals surface area contributed by atoms with Gasteiger partial charge >= 0.3 is 5.97 Å². The van der Waals surface area contributed by atoms with Crippen LogP contribution in [0.3, 0.4) is 0 Å². The van der Waals surface area contributed by atoms with Crippen LogP contribution in [-0.2, 0) is 9.53 Å². The molecule has 0 aromatic heterocycles.